The quantitative estimate of drug-likeness (QED) is 0.724. The molecule has 0 amide bonds. The molecule has 0 atom stereocenters. The number of para-hydroxylation sites is 1. The summed E-state index contributed by atoms with van der Waals surface area (Å²) in [5, 5.41) is 16.5. The molecule has 0 aliphatic heterocycles. The van der Waals surface area contributed by atoms with Gasteiger partial charge in [-0.1, -0.05) is 12.1 Å². The van der Waals surface area contributed by atoms with Crippen molar-refractivity contribution in [3.63, 3.8) is 0 Å². The summed E-state index contributed by atoms with van der Waals surface area (Å²) in [5.74, 6) is 0.584. The van der Waals surface area contributed by atoms with Crippen LogP contribution < -0.4 is 0 Å². The molecule has 4 nitrogen and oxygen atoms in total. The third kappa shape index (κ3) is 1.62. The van der Waals surface area contributed by atoms with Gasteiger partial charge < -0.3 is 5.11 Å². The molecule has 0 spiro atoms. The Labute approximate surface area is 75.3 Å². The van der Waals surface area contributed by atoms with Crippen LogP contribution in [0.2, 0.25) is 0 Å². The number of nitrogens with zero attached hydrogens (tertiary/aromatic N) is 3. The molecule has 0 saturated carbocycles. The van der Waals surface area contributed by atoms with E-state index in [2.05, 4.69) is 15.2 Å². The molecule has 1 aromatic heterocycles. The zero-order valence-electron chi connectivity index (χ0n) is 7.01. The van der Waals surface area contributed by atoms with Gasteiger partial charge in [-0.25, -0.2) is 4.98 Å². The van der Waals surface area contributed by atoms with Crippen molar-refractivity contribution in [1.82, 2.24) is 15.2 Å². The minimum atomic E-state index is 0.0556. The van der Waals surface area contributed by atoms with E-state index in [-0.39, 0.29) is 6.61 Å². The first kappa shape index (κ1) is 8.07. The van der Waals surface area contributed by atoms with Crippen LogP contribution in [0.1, 0.15) is 5.82 Å². The predicted molar refractivity (Wildman–Crippen MR) is 48.1 cm³/mol. The molecule has 0 fully saturated rings. The van der Waals surface area contributed by atoms with E-state index in [4.69, 9.17) is 5.11 Å². The SMILES string of the molecule is OCCc1nnc2ccccc2n1. The van der Waals surface area contributed by atoms with Crippen LogP contribution in [-0.2, 0) is 6.42 Å². The van der Waals surface area contributed by atoms with E-state index in [1.807, 2.05) is 24.3 Å². The van der Waals surface area contributed by atoms with Crippen molar-refractivity contribution in [3.8, 4) is 0 Å². The smallest absolute Gasteiger partial charge is 0.153 e. The van der Waals surface area contributed by atoms with Gasteiger partial charge in [0.2, 0.25) is 0 Å². The predicted octanol–water partition coefficient (Wildman–Crippen LogP) is 0.560. The highest BCUT2D eigenvalue weighted by molar-refractivity contribution is 5.72. The van der Waals surface area contributed by atoms with E-state index in [1.54, 1.807) is 0 Å². The summed E-state index contributed by atoms with van der Waals surface area (Å²) in [4.78, 5) is 4.23. The number of hydrogen-bond donors (Lipinski definition) is 1. The molecule has 0 saturated heterocycles. The highest BCUT2D eigenvalue weighted by Crippen LogP contribution is 2.06. The zero-order chi connectivity index (χ0) is 9.10. The number of rotatable bonds is 2. The second-order valence-electron chi connectivity index (χ2n) is 2.69. The molecule has 2 aromatic rings. The monoisotopic (exact) mass is 175 g/mol. The first-order valence-corrected chi connectivity index (χ1v) is 4.09. The Hall–Kier alpha value is -1.55. The molecule has 1 aromatic carbocycles. The van der Waals surface area contributed by atoms with Crippen LogP contribution in [0.25, 0.3) is 11.0 Å². The largest absolute Gasteiger partial charge is 0.396 e. The lowest BCUT2D eigenvalue weighted by Crippen LogP contribution is -2.00. The summed E-state index contributed by atoms with van der Waals surface area (Å²) >= 11 is 0. The van der Waals surface area contributed by atoms with E-state index in [9.17, 15) is 0 Å². The minimum Gasteiger partial charge on any atom is -0.396 e. The minimum absolute atomic E-state index is 0.0556. The van der Waals surface area contributed by atoms with Crippen LogP contribution >= 0.6 is 0 Å². The second kappa shape index (κ2) is 3.45. The zero-order valence-corrected chi connectivity index (χ0v) is 7.01. The van der Waals surface area contributed by atoms with Crippen molar-refractivity contribution in [2.24, 2.45) is 0 Å². The molecule has 4 heteroatoms. The summed E-state index contributed by atoms with van der Waals surface area (Å²) in [7, 11) is 0. The van der Waals surface area contributed by atoms with E-state index in [0.717, 1.165) is 11.0 Å². The molecule has 1 N–H and O–H groups in total. The van der Waals surface area contributed by atoms with Crippen molar-refractivity contribution >= 4 is 11.0 Å². The van der Waals surface area contributed by atoms with Crippen molar-refractivity contribution in [2.75, 3.05) is 6.61 Å². The maximum absolute atomic E-state index is 8.68. The lowest BCUT2D eigenvalue weighted by Gasteiger charge is -1.97. The Balaban J connectivity index is 2.49. The number of aliphatic hydroxyl groups is 1. The van der Waals surface area contributed by atoms with Gasteiger partial charge in [0, 0.05) is 6.42 Å². The van der Waals surface area contributed by atoms with Crippen LogP contribution in [0.4, 0.5) is 0 Å². The average Bonchev–Trinajstić information content (AvgIpc) is 2.18. The van der Waals surface area contributed by atoms with Crippen LogP contribution in [0.3, 0.4) is 0 Å². The summed E-state index contributed by atoms with van der Waals surface area (Å²) in [5.41, 5.74) is 1.60. The molecule has 0 aliphatic carbocycles. The maximum atomic E-state index is 8.68. The highest BCUT2D eigenvalue weighted by Gasteiger charge is 1.99. The molecule has 1 heterocycles. The lowest BCUT2D eigenvalue weighted by atomic mass is 10.3. The van der Waals surface area contributed by atoms with Gasteiger partial charge in [-0.3, -0.25) is 0 Å². The Kier molecular flexibility index (Phi) is 2.14. The van der Waals surface area contributed by atoms with Crippen LogP contribution in [-0.4, -0.2) is 26.9 Å². The third-order valence-electron chi connectivity index (χ3n) is 1.74. The van der Waals surface area contributed by atoms with E-state index in [1.165, 1.54) is 0 Å². The van der Waals surface area contributed by atoms with Crippen molar-refractivity contribution < 1.29 is 5.11 Å². The van der Waals surface area contributed by atoms with E-state index < -0.39 is 0 Å². The number of fused-ring (bicyclic) bond motifs is 1. The van der Waals surface area contributed by atoms with E-state index in [0.29, 0.717) is 12.2 Å². The molecule has 0 bridgehead atoms. The fourth-order valence-corrected chi connectivity index (χ4v) is 1.12. The van der Waals surface area contributed by atoms with Gasteiger partial charge in [-0.15, -0.1) is 10.2 Å². The van der Waals surface area contributed by atoms with Gasteiger partial charge in [0.1, 0.15) is 5.52 Å². The van der Waals surface area contributed by atoms with Crippen LogP contribution in [0.15, 0.2) is 24.3 Å². The topological polar surface area (TPSA) is 58.9 Å². The Bertz CT molecular complexity index is 416. The second-order valence-corrected chi connectivity index (χ2v) is 2.69. The molecule has 0 aliphatic rings. The van der Waals surface area contributed by atoms with Gasteiger partial charge in [0.25, 0.3) is 0 Å². The lowest BCUT2D eigenvalue weighted by molar-refractivity contribution is 0.296. The number of aromatic nitrogens is 3. The van der Waals surface area contributed by atoms with Gasteiger partial charge >= 0.3 is 0 Å². The summed E-state index contributed by atoms with van der Waals surface area (Å²) < 4.78 is 0. The Morgan fingerprint density at radius 1 is 1.08 bits per heavy atom. The standard InChI is InChI=1S/C9H9N3O/c13-6-5-9-10-7-3-1-2-4-8(7)11-12-9/h1-4,13H,5-6H2. The number of benzene rings is 1. The van der Waals surface area contributed by atoms with Crippen LogP contribution in [0.5, 0.6) is 0 Å². The normalized spacial score (nSPS) is 10.5. The maximum Gasteiger partial charge on any atom is 0.153 e. The molecule has 66 valence electrons. The first-order chi connectivity index (χ1) is 6.40. The first-order valence-electron chi connectivity index (χ1n) is 4.09. The van der Waals surface area contributed by atoms with Crippen LogP contribution in [0, 0.1) is 0 Å². The molecular weight excluding hydrogens is 166 g/mol. The fourth-order valence-electron chi connectivity index (χ4n) is 1.12. The summed E-state index contributed by atoms with van der Waals surface area (Å²) in [6.45, 7) is 0.0556. The van der Waals surface area contributed by atoms with Crippen molar-refractivity contribution in [1.29, 1.82) is 0 Å². The van der Waals surface area contributed by atoms with Gasteiger partial charge in [0.05, 0.1) is 12.1 Å². The molecule has 0 radical (unpaired) electrons. The van der Waals surface area contributed by atoms with E-state index >= 15 is 0 Å². The molecule has 2 rings (SSSR count). The van der Waals surface area contributed by atoms with Gasteiger partial charge in [-0.05, 0) is 12.1 Å². The molecule has 13 heavy (non-hydrogen) atoms. The average molecular weight is 175 g/mol. The third-order valence-corrected chi connectivity index (χ3v) is 1.74. The van der Waals surface area contributed by atoms with Gasteiger partial charge in [-0.2, -0.15) is 0 Å². The Morgan fingerprint density at radius 3 is 2.62 bits per heavy atom. The van der Waals surface area contributed by atoms with Gasteiger partial charge in [0.15, 0.2) is 5.82 Å². The number of hydrogen-bond acceptors (Lipinski definition) is 4. The number of aliphatic hydroxyl groups excluding tert-OH is 1. The highest BCUT2D eigenvalue weighted by atomic mass is 16.3. The molecule has 0 unspecified atom stereocenters. The molecular formula is C9H9N3O. The Morgan fingerprint density at radius 2 is 1.85 bits per heavy atom. The van der Waals surface area contributed by atoms with Crippen molar-refractivity contribution in [2.45, 2.75) is 6.42 Å². The fraction of sp³-hybridized carbons (Fsp3) is 0.222. The summed E-state index contributed by atoms with van der Waals surface area (Å²) in [6.07, 6.45) is 0.456. The summed E-state index contributed by atoms with van der Waals surface area (Å²) in [6, 6.07) is 7.53. The van der Waals surface area contributed by atoms with Crippen molar-refractivity contribution in [3.05, 3.63) is 30.1 Å².